The number of hydrogen-bond donors (Lipinski definition) is 0. The highest BCUT2D eigenvalue weighted by Crippen LogP contribution is 2.28. The zero-order chi connectivity index (χ0) is 11.2. The van der Waals surface area contributed by atoms with Gasteiger partial charge in [0.15, 0.2) is 0 Å². The van der Waals surface area contributed by atoms with Gasteiger partial charge in [0.1, 0.15) is 0 Å². The van der Waals surface area contributed by atoms with Crippen LogP contribution in [0.15, 0.2) is 60.7 Å². The molecule has 0 bridgehead atoms. The summed E-state index contributed by atoms with van der Waals surface area (Å²) in [5, 5.41) is 0. The van der Waals surface area contributed by atoms with Crippen molar-refractivity contribution in [3.63, 3.8) is 0 Å². The molecule has 0 saturated carbocycles. The van der Waals surface area contributed by atoms with Gasteiger partial charge in [-0.2, -0.15) is 0 Å². The Hall–Kier alpha value is -1.50. The summed E-state index contributed by atoms with van der Waals surface area (Å²) in [7, 11) is 5.70. The van der Waals surface area contributed by atoms with Crippen LogP contribution in [0.3, 0.4) is 0 Å². The molecule has 2 aromatic carbocycles. The van der Waals surface area contributed by atoms with Gasteiger partial charge in [-0.05, 0) is 11.1 Å². The zero-order valence-corrected chi connectivity index (χ0v) is 9.34. The van der Waals surface area contributed by atoms with E-state index in [0.29, 0.717) is 12.2 Å². The fraction of sp³-hybridized carbons (Fsp3) is 0.200. The van der Waals surface area contributed by atoms with Gasteiger partial charge < -0.3 is 0 Å². The van der Waals surface area contributed by atoms with Crippen LogP contribution in [-0.2, 0) is 0 Å². The van der Waals surface area contributed by atoms with Crippen molar-refractivity contribution >= 4 is 7.85 Å². The SMILES string of the molecule is [B]CCC(c1ccccc1)c1ccccc1. The van der Waals surface area contributed by atoms with Crippen molar-refractivity contribution in [1.29, 1.82) is 0 Å². The Labute approximate surface area is 98.7 Å². The van der Waals surface area contributed by atoms with E-state index in [0.717, 1.165) is 6.42 Å². The van der Waals surface area contributed by atoms with Crippen LogP contribution in [0.2, 0.25) is 6.32 Å². The molecule has 1 heteroatoms. The first kappa shape index (κ1) is 11.0. The summed E-state index contributed by atoms with van der Waals surface area (Å²) >= 11 is 0. The van der Waals surface area contributed by atoms with Crippen LogP contribution in [0.25, 0.3) is 0 Å². The largest absolute Gasteiger partial charge is 0.0878 e. The highest BCUT2D eigenvalue weighted by molar-refractivity contribution is 6.08. The van der Waals surface area contributed by atoms with Gasteiger partial charge in [-0.3, -0.25) is 0 Å². The van der Waals surface area contributed by atoms with E-state index in [1.54, 1.807) is 0 Å². The van der Waals surface area contributed by atoms with Gasteiger partial charge >= 0.3 is 0 Å². The molecule has 2 radical (unpaired) electrons. The highest BCUT2D eigenvalue weighted by Gasteiger charge is 2.11. The van der Waals surface area contributed by atoms with Gasteiger partial charge in [-0.1, -0.05) is 73.4 Å². The Bertz CT molecular complexity index is 368. The van der Waals surface area contributed by atoms with Crippen LogP contribution in [0.4, 0.5) is 0 Å². The van der Waals surface area contributed by atoms with E-state index >= 15 is 0 Å². The van der Waals surface area contributed by atoms with Crippen molar-refractivity contribution in [3.05, 3.63) is 71.8 Å². The number of rotatable bonds is 4. The molecule has 0 aliphatic heterocycles. The van der Waals surface area contributed by atoms with Crippen LogP contribution in [0.5, 0.6) is 0 Å². The molecule has 0 aliphatic rings. The third-order valence-corrected chi connectivity index (χ3v) is 2.86. The van der Waals surface area contributed by atoms with Crippen LogP contribution in [0, 0.1) is 0 Å². The molecule has 2 rings (SSSR count). The van der Waals surface area contributed by atoms with Crippen molar-refractivity contribution in [2.45, 2.75) is 18.7 Å². The van der Waals surface area contributed by atoms with Crippen molar-refractivity contribution in [3.8, 4) is 0 Å². The van der Waals surface area contributed by atoms with E-state index in [9.17, 15) is 0 Å². The molecule has 78 valence electrons. The lowest BCUT2D eigenvalue weighted by Crippen LogP contribution is -2.00. The van der Waals surface area contributed by atoms with Gasteiger partial charge in [0.25, 0.3) is 0 Å². The van der Waals surface area contributed by atoms with Crippen molar-refractivity contribution in [2.75, 3.05) is 0 Å². The molecule has 0 N–H and O–H groups in total. The Balaban J connectivity index is 2.31. The van der Waals surface area contributed by atoms with E-state index in [-0.39, 0.29) is 0 Å². The van der Waals surface area contributed by atoms with Gasteiger partial charge in [-0.15, -0.1) is 0 Å². The maximum atomic E-state index is 5.70. The minimum absolute atomic E-state index is 0.424. The standard InChI is InChI=1S/C15H15B/c16-12-11-15(13-7-3-1-4-8-13)14-9-5-2-6-10-14/h1-10,15H,11-12H2. The van der Waals surface area contributed by atoms with Crippen molar-refractivity contribution < 1.29 is 0 Å². The molecule has 0 heterocycles. The van der Waals surface area contributed by atoms with Crippen molar-refractivity contribution in [1.82, 2.24) is 0 Å². The Kier molecular flexibility index (Phi) is 3.82. The first-order chi connectivity index (χ1) is 7.92. The summed E-state index contributed by atoms with van der Waals surface area (Å²) in [6, 6.07) is 21.1. The summed E-state index contributed by atoms with van der Waals surface area (Å²) in [5.41, 5.74) is 2.69. The minimum atomic E-state index is 0.424. The average molecular weight is 206 g/mol. The molecular weight excluding hydrogens is 191 g/mol. The van der Waals surface area contributed by atoms with E-state index in [4.69, 9.17) is 7.85 Å². The van der Waals surface area contributed by atoms with E-state index < -0.39 is 0 Å². The first-order valence-electron chi connectivity index (χ1n) is 5.72. The van der Waals surface area contributed by atoms with Crippen LogP contribution >= 0.6 is 0 Å². The fourth-order valence-corrected chi connectivity index (χ4v) is 2.06. The molecule has 0 aliphatic carbocycles. The van der Waals surface area contributed by atoms with E-state index in [1.165, 1.54) is 11.1 Å². The first-order valence-corrected chi connectivity index (χ1v) is 5.72. The quantitative estimate of drug-likeness (QED) is 0.667. The summed E-state index contributed by atoms with van der Waals surface area (Å²) in [4.78, 5) is 0. The summed E-state index contributed by atoms with van der Waals surface area (Å²) in [5.74, 6) is 0.424. The molecule has 16 heavy (non-hydrogen) atoms. The summed E-state index contributed by atoms with van der Waals surface area (Å²) in [6.45, 7) is 0. The second kappa shape index (κ2) is 5.55. The van der Waals surface area contributed by atoms with Crippen LogP contribution in [0.1, 0.15) is 23.5 Å². The molecule has 0 unspecified atom stereocenters. The molecule has 0 amide bonds. The van der Waals surface area contributed by atoms with Crippen LogP contribution in [-0.4, -0.2) is 7.85 Å². The van der Waals surface area contributed by atoms with Gasteiger partial charge in [0, 0.05) is 5.92 Å². The predicted octanol–water partition coefficient (Wildman–Crippen LogP) is 3.80. The van der Waals surface area contributed by atoms with Gasteiger partial charge in [0.2, 0.25) is 0 Å². The Morgan fingerprint density at radius 2 is 1.19 bits per heavy atom. The number of hydrogen-bond acceptors (Lipinski definition) is 0. The topological polar surface area (TPSA) is 0 Å². The maximum Gasteiger partial charge on any atom is 0.0653 e. The molecule has 0 nitrogen and oxygen atoms in total. The normalized spacial score (nSPS) is 10.6. The fourth-order valence-electron chi connectivity index (χ4n) is 2.06. The molecular formula is C15H15B. The summed E-state index contributed by atoms with van der Waals surface area (Å²) in [6.07, 6.45) is 1.71. The third-order valence-electron chi connectivity index (χ3n) is 2.86. The molecule has 0 atom stereocenters. The lowest BCUT2D eigenvalue weighted by Gasteiger charge is -2.17. The van der Waals surface area contributed by atoms with Gasteiger partial charge in [-0.25, -0.2) is 0 Å². The third kappa shape index (κ3) is 2.54. The number of benzene rings is 2. The predicted molar refractivity (Wildman–Crippen MR) is 69.9 cm³/mol. The zero-order valence-electron chi connectivity index (χ0n) is 9.34. The molecule has 0 saturated heterocycles. The lowest BCUT2D eigenvalue weighted by atomic mass is 9.84. The average Bonchev–Trinajstić information content (AvgIpc) is 2.38. The molecule has 0 fully saturated rings. The molecule has 0 spiro atoms. The van der Waals surface area contributed by atoms with Gasteiger partial charge in [0.05, 0.1) is 7.85 Å². The minimum Gasteiger partial charge on any atom is -0.0878 e. The Morgan fingerprint density at radius 1 is 0.750 bits per heavy atom. The Morgan fingerprint density at radius 3 is 1.56 bits per heavy atom. The van der Waals surface area contributed by atoms with E-state index in [2.05, 4.69) is 48.5 Å². The molecule has 2 aromatic rings. The highest BCUT2D eigenvalue weighted by atomic mass is 14.1. The maximum absolute atomic E-state index is 5.70. The van der Waals surface area contributed by atoms with Crippen LogP contribution < -0.4 is 0 Å². The lowest BCUT2D eigenvalue weighted by molar-refractivity contribution is 0.776. The summed E-state index contributed by atoms with van der Waals surface area (Å²) < 4.78 is 0. The second-order valence-corrected chi connectivity index (χ2v) is 3.95. The van der Waals surface area contributed by atoms with E-state index in [1.807, 2.05) is 12.1 Å². The molecule has 0 aromatic heterocycles. The van der Waals surface area contributed by atoms with Crippen molar-refractivity contribution in [2.24, 2.45) is 0 Å². The monoisotopic (exact) mass is 206 g/mol. The second-order valence-electron chi connectivity index (χ2n) is 3.95. The smallest absolute Gasteiger partial charge is 0.0653 e.